The van der Waals surface area contributed by atoms with Crippen LogP contribution in [0.3, 0.4) is 0 Å². The fourth-order valence-electron chi connectivity index (χ4n) is 4.13. The number of hydrogen-bond donors (Lipinski definition) is 1. The van der Waals surface area contributed by atoms with Crippen LogP contribution in [0.1, 0.15) is 51.0 Å². The molecule has 6 heteroatoms. The zero-order chi connectivity index (χ0) is 22.8. The van der Waals surface area contributed by atoms with E-state index in [1.165, 1.54) is 0 Å². The Morgan fingerprint density at radius 2 is 1.78 bits per heavy atom. The number of benzene rings is 2. The summed E-state index contributed by atoms with van der Waals surface area (Å²) in [6.07, 6.45) is 5.36. The molecule has 0 spiro atoms. The molecule has 1 atom stereocenters. The minimum Gasteiger partial charge on any atom is -0.497 e. The summed E-state index contributed by atoms with van der Waals surface area (Å²) in [4.78, 5) is 29.4. The quantitative estimate of drug-likeness (QED) is 0.483. The van der Waals surface area contributed by atoms with Gasteiger partial charge in [-0.3, -0.25) is 9.59 Å². The van der Waals surface area contributed by atoms with Gasteiger partial charge >= 0.3 is 0 Å². The summed E-state index contributed by atoms with van der Waals surface area (Å²) in [7, 11) is 1.63. The number of ether oxygens (including phenoxy) is 1. The number of carbonyl (C=O) groups is 2. The molecule has 0 aromatic heterocycles. The average molecular weight is 455 g/mol. The van der Waals surface area contributed by atoms with Crippen LogP contribution in [0.2, 0.25) is 0 Å². The first-order valence-corrected chi connectivity index (χ1v) is 12.5. The monoisotopic (exact) mass is 454 g/mol. The number of hydrogen-bond acceptors (Lipinski definition) is 4. The number of nitrogens with one attached hydrogen (secondary N) is 1. The number of thioether (sulfide) groups is 1. The van der Waals surface area contributed by atoms with Gasteiger partial charge in [0.15, 0.2) is 0 Å². The molecular formula is C26H34N2O3S. The van der Waals surface area contributed by atoms with Gasteiger partial charge < -0.3 is 15.0 Å². The Kier molecular flexibility index (Phi) is 9.47. The third kappa shape index (κ3) is 7.02. The van der Waals surface area contributed by atoms with Gasteiger partial charge in [0, 0.05) is 29.7 Å². The molecule has 1 aliphatic rings. The first-order chi connectivity index (χ1) is 15.6. The standard InChI is InChI=1S/C26H34N2O3S/c1-3-24(26(30)27-21-9-7-8-10-21)28(19-20-13-15-22(31-2)16-14-20)25(29)17-18-32-23-11-5-4-6-12-23/h4-6,11-16,21,24H,3,7-10,17-19H2,1-2H3,(H,27,30)/t24-/m0/s1. The van der Waals surface area contributed by atoms with Crippen molar-refractivity contribution in [2.24, 2.45) is 0 Å². The van der Waals surface area contributed by atoms with Crippen molar-refractivity contribution in [3.63, 3.8) is 0 Å². The fraction of sp³-hybridized carbons (Fsp3) is 0.462. The van der Waals surface area contributed by atoms with Crippen LogP contribution >= 0.6 is 11.8 Å². The minimum atomic E-state index is -0.466. The van der Waals surface area contributed by atoms with Gasteiger partial charge in [0.05, 0.1) is 7.11 Å². The lowest BCUT2D eigenvalue weighted by Crippen LogP contribution is -2.51. The first kappa shape index (κ1) is 24.2. The van der Waals surface area contributed by atoms with Crippen molar-refractivity contribution in [1.29, 1.82) is 0 Å². The van der Waals surface area contributed by atoms with Crippen molar-refractivity contribution in [3.05, 3.63) is 60.2 Å². The molecule has 1 N–H and O–H groups in total. The van der Waals surface area contributed by atoms with Crippen molar-refractivity contribution < 1.29 is 14.3 Å². The number of carbonyl (C=O) groups excluding carboxylic acids is 2. The summed E-state index contributed by atoms with van der Waals surface area (Å²) in [5.41, 5.74) is 0.988. The van der Waals surface area contributed by atoms with Crippen molar-refractivity contribution >= 4 is 23.6 Å². The van der Waals surface area contributed by atoms with E-state index in [1.54, 1.807) is 23.8 Å². The molecule has 0 aliphatic heterocycles. The largest absolute Gasteiger partial charge is 0.497 e. The molecule has 1 aliphatic carbocycles. The van der Waals surface area contributed by atoms with Gasteiger partial charge in [-0.1, -0.05) is 50.1 Å². The fourth-order valence-corrected chi connectivity index (χ4v) is 4.99. The van der Waals surface area contributed by atoms with E-state index in [1.807, 2.05) is 61.5 Å². The van der Waals surface area contributed by atoms with E-state index in [2.05, 4.69) is 5.32 Å². The van der Waals surface area contributed by atoms with Gasteiger partial charge in [-0.15, -0.1) is 11.8 Å². The molecule has 0 saturated heterocycles. The SMILES string of the molecule is CC[C@@H](C(=O)NC1CCCC1)N(Cc1ccc(OC)cc1)C(=O)CCSc1ccccc1. The van der Waals surface area contributed by atoms with Crippen molar-refractivity contribution in [1.82, 2.24) is 10.2 Å². The first-order valence-electron chi connectivity index (χ1n) is 11.5. The van der Waals surface area contributed by atoms with Gasteiger partial charge in [-0.2, -0.15) is 0 Å². The third-order valence-electron chi connectivity index (χ3n) is 5.93. The van der Waals surface area contributed by atoms with Gasteiger partial charge in [0.2, 0.25) is 11.8 Å². The predicted octanol–water partition coefficient (Wildman–Crippen LogP) is 5.04. The maximum atomic E-state index is 13.3. The highest BCUT2D eigenvalue weighted by Crippen LogP contribution is 2.22. The molecule has 0 radical (unpaired) electrons. The molecule has 1 saturated carbocycles. The Balaban J connectivity index is 1.70. The second-order valence-electron chi connectivity index (χ2n) is 8.20. The maximum Gasteiger partial charge on any atom is 0.243 e. The van der Waals surface area contributed by atoms with Crippen LogP contribution < -0.4 is 10.1 Å². The normalized spacial score (nSPS) is 14.7. The van der Waals surface area contributed by atoms with E-state index in [4.69, 9.17) is 4.74 Å². The Bertz CT molecular complexity index is 851. The maximum absolute atomic E-state index is 13.3. The van der Waals surface area contributed by atoms with E-state index >= 15 is 0 Å². The van der Waals surface area contributed by atoms with Crippen LogP contribution in [0.5, 0.6) is 5.75 Å². The minimum absolute atomic E-state index is 0.0117. The van der Waals surface area contributed by atoms with Gasteiger partial charge in [-0.05, 0) is 49.1 Å². The molecular weight excluding hydrogens is 420 g/mol. The molecule has 32 heavy (non-hydrogen) atoms. The summed E-state index contributed by atoms with van der Waals surface area (Å²) in [6.45, 7) is 2.39. The topological polar surface area (TPSA) is 58.6 Å². The van der Waals surface area contributed by atoms with Crippen LogP contribution in [0.4, 0.5) is 0 Å². The van der Waals surface area contributed by atoms with E-state index in [0.717, 1.165) is 41.9 Å². The average Bonchev–Trinajstić information content (AvgIpc) is 3.33. The number of amides is 2. The number of methoxy groups -OCH3 is 1. The zero-order valence-corrected chi connectivity index (χ0v) is 19.9. The summed E-state index contributed by atoms with van der Waals surface area (Å²) in [5, 5.41) is 3.19. The molecule has 3 rings (SSSR count). The van der Waals surface area contributed by atoms with Crippen LogP contribution in [0.25, 0.3) is 0 Å². The lowest BCUT2D eigenvalue weighted by Gasteiger charge is -2.31. The molecule has 5 nitrogen and oxygen atoms in total. The molecule has 2 aromatic rings. The van der Waals surface area contributed by atoms with Crippen molar-refractivity contribution in [2.45, 2.75) is 69.0 Å². The van der Waals surface area contributed by atoms with E-state index in [0.29, 0.717) is 25.1 Å². The second kappa shape index (κ2) is 12.5. The Labute approximate surface area is 195 Å². The van der Waals surface area contributed by atoms with Crippen molar-refractivity contribution in [2.75, 3.05) is 12.9 Å². The Morgan fingerprint density at radius 3 is 2.41 bits per heavy atom. The Hall–Kier alpha value is -2.47. The van der Waals surface area contributed by atoms with Crippen LogP contribution in [0, 0.1) is 0 Å². The van der Waals surface area contributed by atoms with Crippen molar-refractivity contribution in [3.8, 4) is 5.75 Å². The second-order valence-corrected chi connectivity index (χ2v) is 9.36. The summed E-state index contributed by atoms with van der Waals surface area (Å²) in [6, 6.07) is 17.6. The summed E-state index contributed by atoms with van der Waals surface area (Å²) >= 11 is 1.67. The number of nitrogens with zero attached hydrogens (tertiary/aromatic N) is 1. The van der Waals surface area contributed by atoms with Gasteiger partial charge in [-0.25, -0.2) is 0 Å². The molecule has 172 valence electrons. The molecule has 2 amide bonds. The highest BCUT2D eigenvalue weighted by Gasteiger charge is 2.30. The van der Waals surface area contributed by atoms with Gasteiger partial charge in [0.1, 0.15) is 11.8 Å². The zero-order valence-electron chi connectivity index (χ0n) is 19.1. The molecule has 0 unspecified atom stereocenters. The van der Waals surface area contributed by atoms with Crippen LogP contribution in [0.15, 0.2) is 59.5 Å². The molecule has 0 bridgehead atoms. The highest BCUT2D eigenvalue weighted by atomic mass is 32.2. The van der Waals surface area contributed by atoms with E-state index in [9.17, 15) is 9.59 Å². The highest BCUT2D eigenvalue weighted by molar-refractivity contribution is 7.99. The predicted molar refractivity (Wildman–Crippen MR) is 130 cm³/mol. The lowest BCUT2D eigenvalue weighted by molar-refractivity contribution is -0.141. The van der Waals surface area contributed by atoms with Gasteiger partial charge in [0.25, 0.3) is 0 Å². The molecule has 2 aromatic carbocycles. The number of rotatable bonds is 11. The van der Waals surface area contributed by atoms with E-state index in [-0.39, 0.29) is 17.9 Å². The smallest absolute Gasteiger partial charge is 0.243 e. The van der Waals surface area contributed by atoms with Crippen LogP contribution in [-0.4, -0.2) is 41.7 Å². The third-order valence-corrected chi connectivity index (χ3v) is 6.94. The summed E-state index contributed by atoms with van der Waals surface area (Å²) < 4.78 is 5.25. The molecule has 1 fully saturated rings. The lowest BCUT2D eigenvalue weighted by atomic mass is 10.1. The summed E-state index contributed by atoms with van der Waals surface area (Å²) in [5.74, 6) is 1.44. The van der Waals surface area contributed by atoms with Crippen LogP contribution in [-0.2, 0) is 16.1 Å². The van der Waals surface area contributed by atoms with E-state index < -0.39 is 6.04 Å². The molecule has 0 heterocycles. The Morgan fingerprint density at radius 1 is 1.09 bits per heavy atom.